The number of likely N-dealkylation sites (N-methyl/N-ethyl adjacent to an activating group) is 1. The molecular weight excluding hydrogens is 470 g/mol. The van der Waals surface area contributed by atoms with Crippen molar-refractivity contribution >= 4 is 23.6 Å². The second kappa shape index (κ2) is 13.9. The van der Waals surface area contributed by atoms with Gasteiger partial charge in [-0.2, -0.15) is 0 Å². The zero-order valence-electron chi connectivity index (χ0n) is 21.4. The van der Waals surface area contributed by atoms with Crippen LogP contribution in [-0.4, -0.2) is 72.6 Å². The van der Waals surface area contributed by atoms with E-state index >= 15 is 0 Å². The minimum atomic E-state index is -0.616. The number of carbonyl (C=O) groups is 1. The molecule has 3 aromatic rings. The number of rotatable bonds is 14. The number of aromatic nitrogens is 2. The molecule has 10 nitrogen and oxygen atoms in total. The molecule has 3 rings (SSSR count). The minimum Gasteiger partial charge on any atom is -0.491 e. The molecular formula is C27H35N7O3. The van der Waals surface area contributed by atoms with Crippen LogP contribution in [0.4, 0.5) is 11.5 Å². The average molecular weight is 506 g/mol. The molecule has 6 N–H and O–H groups in total. The predicted molar refractivity (Wildman–Crippen MR) is 147 cm³/mol. The second-order valence-corrected chi connectivity index (χ2v) is 8.74. The number of nitrogens with zero attached hydrogens (tertiary/aromatic N) is 2. The van der Waals surface area contributed by atoms with Crippen LogP contribution in [0.5, 0.6) is 5.75 Å². The van der Waals surface area contributed by atoms with Gasteiger partial charge in [0.25, 0.3) is 5.91 Å². The van der Waals surface area contributed by atoms with Gasteiger partial charge in [0.05, 0.1) is 16.8 Å². The summed E-state index contributed by atoms with van der Waals surface area (Å²) in [5.74, 6) is 1.01. The Morgan fingerprint density at radius 3 is 2.73 bits per heavy atom. The van der Waals surface area contributed by atoms with Gasteiger partial charge in [-0.15, -0.1) is 0 Å². The molecule has 1 atom stereocenters. The van der Waals surface area contributed by atoms with E-state index in [9.17, 15) is 9.90 Å². The average Bonchev–Trinajstić information content (AvgIpc) is 2.90. The van der Waals surface area contributed by atoms with Crippen LogP contribution in [0, 0.1) is 5.41 Å². The summed E-state index contributed by atoms with van der Waals surface area (Å²) >= 11 is 0. The number of pyridine rings is 2. The Balaban J connectivity index is 1.78. The summed E-state index contributed by atoms with van der Waals surface area (Å²) in [4.78, 5) is 21.0. The normalized spacial score (nSPS) is 11.6. The summed E-state index contributed by atoms with van der Waals surface area (Å²) in [7, 11) is 1.77. The predicted octanol–water partition coefficient (Wildman–Crippen LogP) is 2.76. The molecule has 0 saturated carbocycles. The lowest BCUT2D eigenvalue weighted by Gasteiger charge is -2.18. The quantitative estimate of drug-likeness (QED) is 0.145. The molecule has 196 valence electrons. The van der Waals surface area contributed by atoms with E-state index in [2.05, 4.69) is 26.3 Å². The maximum atomic E-state index is 12.3. The fourth-order valence-corrected chi connectivity index (χ4v) is 3.58. The first-order valence-electron chi connectivity index (χ1n) is 12.2. The first-order valence-corrected chi connectivity index (χ1v) is 12.2. The van der Waals surface area contributed by atoms with Gasteiger partial charge >= 0.3 is 0 Å². The van der Waals surface area contributed by atoms with E-state index in [1.54, 1.807) is 25.4 Å². The summed E-state index contributed by atoms with van der Waals surface area (Å²) in [5.41, 5.74) is 3.36. The first kappa shape index (κ1) is 27.6. The molecule has 1 aromatic carbocycles. The number of carbonyl (C=O) groups excluding carboxylic acids is 1. The molecule has 1 unspecified atom stereocenters. The Bertz CT molecular complexity index is 1170. The van der Waals surface area contributed by atoms with Crippen LogP contribution in [0.25, 0.3) is 11.3 Å². The third-order valence-corrected chi connectivity index (χ3v) is 5.29. The molecule has 37 heavy (non-hydrogen) atoms. The summed E-state index contributed by atoms with van der Waals surface area (Å²) < 4.78 is 5.76. The number of benzene rings is 1. The third kappa shape index (κ3) is 8.26. The van der Waals surface area contributed by atoms with Gasteiger partial charge in [-0.05, 0) is 51.2 Å². The van der Waals surface area contributed by atoms with Crippen LogP contribution >= 0.6 is 0 Å². The molecule has 0 radical (unpaired) electrons. The second-order valence-electron chi connectivity index (χ2n) is 8.74. The van der Waals surface area contributed by atoms with Crippen molar-refractivity contribution in [3.05, 3.63) is 66.0 Å². The highest BCUT2D eigenvalue weighted by molar-refractivity contribution is 5.94. The van der Waals surface area contributed by atoms with Gasteiger partial charge in [0.1, 0.15) is 24.3 Å². The van der Waals surface area contributed by atoms with E-state index in [1.165, 1.54) is 12.4 Å². The maximum Gasteiger partial charge on any atom is 0.252 e. The molecule has 2 heterocycles. The van der Waals surface area contributed by atoms with E-state index in [0.717, 1.165) is 11.3 Å². The smallest absolute Gasteiger partial charge is 0.252 e. The summed E-state index contributed by atoms with van der Waals surface area (Å²) in [6.45, 7) is 5.45. The van der Waals surface area contributed by atoms with Crippen molar-refractivity contribution < 1.29 is 14.6 Å². The van der Waals surface area contributed by atoms with Crippen LogP contribution < -0.4 is 26.0 Å². The first-order chi connectivity index (χ1) is 17.9. The summed E-state index contributed by atoms with van der Waals surface area (Å²) in [5, 5.41) is 30.4. The van der Waals surface area contributed by atoms with Gasteiger partial charge in [0.2, 0.25) is 0 Å². The van der Waals surface area contributed by atoms with Crippen molar-refractivity contribution in [2.45, 2.75) is 26.0 Å². The van der Waals surface area contributed by atoms with Gasteiger partial charge in [0, 0.05) is 55.5 Å². The monoisotopic (exact) mass is 505 g/mol. The lowest BCUT2D eigenvalue weighted by atomic mass is 10.1. The van der Waals surface area contributed by atoms with Crippen molar-refractivity contribution in [2.24, 2.45) is 0 Å². The highest BCUT2D eigenvalue weighted by Crippen LogP contribution is 2.30. The van der Waals surface area contributed by atoms with Crippen LogP contribution in [0.2, 0.25) is 0 Å². The molecule has 0 fully saturated rings. The topological polar surface area (TPSA) is 144 Å². The highest BCUT2D eigenvalue weighted by Gasteiger charge is 2.14. The zero-order valence-corrected chi connectivity index (χ0v) is 21.4. The zero-order chi connectivity index (χ0) is 26.6. The lowest BCUT2D eigenvalue weighted by molar-refractivity contribution is 0.0954. The fraction of sp³-hybridized carbons (Fsp3) is 0.333. The molecule has 0 aliphatic carbocycles. The SMILES string of the molecule is CNCC(O)COc1cccc(-c2cc(NCCNC(=O)c3cccnc3)c(C=N)c(NC(C)C)n2)c1. The van der Waals surface area contributed by atoms with E-state index in [0.29, 0.717) is 48.0 Å². The molecule has 10 heteroatoms. The Morgan fingerprint density at radius 2 is 2.03 bits per heavy atom. The van der Waals surface area contributed by atoms with Crippen LogP contribution in [-0.2, 0) is 0 Å². The largest absolute Gasteiger partial charge is 0.491 e. The van der Waals surface area contributed by atoms with Crippen molar-refractivity contribution in [2.75, 3.05) is 43.9 Å². The van der Waals surface area contributed by atoms with E-state index in [4.69, 9.17) is 15.1 Å². The Labute approximate surface area is 217 Å². The van der Waals surface area contributed by atoms with E-state index in [1.807, 2.05) is 44.2 Å². The molecule has 0 aliphatic rings. The van der Waals surface area contributed by atoms with Crippen molar-refractivity contribution in [1.82, 2.24) is 20.6 Å². The van der Waals surface area contributed by atoms with Crippen molar-refractivity contribution in [1.29, 1.82) is 5.41 Å². The third-order valence-electron chi connectivity index (χ3n) is 5.29. The Kier molecular flexibility index (Phi) is 10.4. The highest BCUT2D eigenvalue weighted by atomic mass is 16.5. The maximum absolute atomic E-state index is 12.3. The molecule has 0 saturated heterocycles. The number of anilines is 2. The van der Waals surface area contributed by atoms with E-state index < -0.39 is 6.10 Å². The standard InChI is InChI=1S/C27H35N7O3/c1-18(2)33-26-23(14-28)25(31-10-11-32-27(36)20-7-5-9-30-15-20)13-24(34-26)19-6-4-8-22(12-19)37-17-21(35)16-29-3/h4-9,12-15,18,21,28-29,35H,10-11,16-17H2,1-3H3,(H,32,36)(H2,31,33,34). The van der Waals surface area contributed by atoms with Gasteiger partial charge in [-0.1, -0.05) is 12.1 Å². The number of hydrogen-bond acceptors (Lipinski definition) is 9. The number of hydrogen-bond donors (Lipinski definition) is 6. The molecule has 0 bridgehead atoms. The molecule has 2 aromatic heterocycles. The van der Waals surface area contributed by atoms with E-state index in [-0.39, 0.29) is 18.6 Å². The van der Waals surface area contributed by atoms with Crippen LogP contribution in [0.3, 0.4) is 0 Å². The van der Waals surface area contributed by atoms with Gasteiger partial charge in [-0.25, -0.2) is 4.98 Å². The van der Waals surface area contributed by atoms with Crippen molar-refractivity contribution in [3.8, 4) is 17.0 Å². The number of amides is 1. The minimum absolute atomic E-state index is 0.108. The van der Waals surface area contributed by atoms with Crippen molar-refractivity contribution in [3.63, 3.8) is 0 Å². The Morgan fingerprint density at radius 1 is 1.19 bits per heavy atom. The van der Waals surface area contributed by atoms with Crippen LogP contribution in [0.15, 0.2) is 54.9 Å². The number of aliphatic hydroxyl groups excluding tert-OH is 1. The molecule has 0 aliphatic heterocycles. The fourth-order valence-electron chi connectivity index (χ4n) is 3.58. The summed E-state index contributed by atoms with van der Waals surface area (Å²) in [6, 6.07) is 12.9. The number of ether oxygens (including phenoxy) is 1. The van der Waals surface area contributed by atoms with Gasteiger partial charge < -0.3 is 36.5 Å². The number of nitrogens with one attached hydrogen (secondary N) is 5. The van der Waals surface area contributed by atoms with Gasteiger partial charge in [-0.3, -0.25) is 9.78 Å². The molecule has 0 spiro atoms. The number of aliphatic hydroxyl groups is 1. The molecule has 1 amide bonds. The van der Waals surface area contributed by atoms with Gasteiger partial charge in [0.15, 0.2) is 0 Å². The Hall–Kier alpha value is -4.02. The summed E-state index contributed by atoms with van der Waals surface area (Å²) in [6.07, 6.45) is 3.79. The lowest BCUT2D eigenvalue weighted by Crippen LogP contribution is -2.29. The van der Waals surface area contributed by atoms with Crippen LogP contribution in [0.1, 0.15) is 29.8 Å².